The summed E-state index contributed by atoms with van der Waals surface area (Å²) in [6, 6.07) is 13.5. The molecule has 1 N–H and O–H groups in total. The molecular weight excluding hydrogens is 499 g/mol. The van der Waals surface area contributed by atoms with E-state index in [1.165, 1.54) is 6.07 Å². The Morgan fingerprint density at radius 2 is 1.79 bits per heavy atom. The van der Waals surface area contributed by atoms with Crippen LogP contribution in [-0.2, 0) is 5.60 Å². The first kappa shape index (κ1) is 27.1. The van der Waals surface area contributed by atoms with Gasteiger partial charge >= 0.3 is 0 Å². The van der Waals surface area contributed by atoms with Crippen molar-refractivity contribution in [1.29, 1.82) is 0 Å². The van der Waals surface area contributed by atoms with Gasteiger partial charge in [-0.05, 0) is 99.8 Å². The second-order valence-corrected chi connectivity index (χ2v) is 10.5. The van der Waals surface area contributed by atoms with Crippen molar-refractivity contribution in [3.8, 4) is 28.5 Å². The molecule has 3 aromatic rings. The van der Waals surface area contributed by atoms with Crippen LogP contribution in [0.3, 0.4) is 0 Å². The number of ether oxygens (including phenoxy) is 3. The van der Waals surface area contributed by atoms with Gasteiger partial charge in [0.2, 0.25) is 0 Å². The fourth-order valence-corrected chi connectivity index (χ4v) is 4.84. The molecule has 39 heavy (non-hydrogen) atoms. The molecular formula is C31H35FN2O5. The third-order valence-electron chi connectivity index (χ3n) is 7.49. The van der Waals surface area contributed by atoms with Gasteiger partial charge in [-0.15, -0.1) is 0 Å². The summed E-state index contributed by atoms with van der Waals surface area (Å²) in [5.74, 6) is 1.28. The monoisotopic (exact) mass is 534 g/mol. The third-order valence-corrected chi connectivity index (χ3v) is 7.49. The van der Waals surface area contributed by atoms with Crippen molar-refractivity contribution in [3.63, 3.8) is 0 Å². The number of hydrogen-bond acceptors (Lipinski definition) is 7. The normalized spacial score (nSPS) is 16.7. The highest BCUT2D eigenvalue weighted by molar-refractivity contribution is 5.96. The molecule has 5 rings (SSSR count). The number of halogens is 1. The molecule has 8 heteroatoms. The van der Waals surface area contributed by atoms with Crippen LogP contribution in [-0.4, -0.2) is 60.7 Å². The number of aromatic nitrogens is 1. The van der Waals surface area contributed by atoms with Gasteiger partial charge < -0.3 is 19.3 Å². The predicted molar refractivity (Wildman–Crippen MR) is 146 cm³/mol. The number of aliphatic hydroxyl groups is 1. The zero-order valence-electron chi connectivity index (χ0n) is 22.7. The second-order valence-electron chi connectivity index (χ2n) is 10.5. The van der Waals surface area contributed by atoms with Crippen LogP contribution in [0.2, 0.25) is 0 Å². The Balaban J connectivity index is 1.41. The minimum atomic E-state index is -1.37. The van der Waals surface area contributed by atoms with E-state index in [0.717, 1.165) is 32.4 Å². The molecule has 0 radical (unpaired) electrons. The van der Waals surface area contributed by atoms with Crippen LogP contribution in [0.1, 0.15) is 53.7 Å². The van der Waals surface area contributed by atoms with E-state index in [4.69, 9.17) is 19.2 Å². The van der Waals surface area contributed by atoms with E-state index in [0.29, 0.717) is 51.9 Å². The van der Waals surface area contributed by atoms with Gasteiger partial charge in [0.25, 0.3) is 0 Å². The van der Waals surface area contributed by atoms with Gasteiger partial charge in [-0.1, -0.05) is 0 Å². The molecule has 206 valence electrons. The molecule has 2 aromatic carbocycles. The molecule has 1 saturated heterocycles. The Hall–Kier alpha value is -3.49. The molecule has 1 aromatic heterocycles. The highest BCUT2D eigenvalue weighted by atomic mass is 19.1. The van der Waals surface area contributed by atoms with Crippen LogP contribution in [0.4, 0.5) is 4.39 Å². The first-order chi connectivity index (χ1) is 18.8. The van der Waals surface area contributed by atoms with E-state index in [1.807, 2.05) is 0 Å². The van der Waals surface area contributed by atoms with Gasteiger partial charge in [0, 0.05) is 24.1 Å². The summed E-state index contributed by atoms with van der Waals surface area (Å²) in [4.78, 5) is 20.2. The fourth-order valence-electron chi connectivity index (χ4n) is 4.84. The Labute approximate surface area is 228 Å². The molecule has 1 unspecified atom stereocenters. The predicted octanol–water partition coefficient (Wildman–Crippen LogP) is 5.31. The first-order valence-corrected chi connectivity index (χ1v) is 13.4. The number of hydrogen-bond donors (Lipinski definition) is 1. The SMILES string of the molecule is COc1cc(C(=O)CCC(O)(CN2CCC2)c2ccc(OC)c(-c3ccc(F)c(C)c3)n2)ccc1OC1CC1. The molecule has 0 amide bonds. The molecule has 1 saturated carbocycles. The molecule has 1 aliphatic heterocycles. The lowest BCUT2D eigenvalue weighted by atomic mass is 9.88. The largest absolute Gasteiger partial charge is 0.494 e. The Morgan fingerprint density at radius 1 is 1.05 bits per heavy atom. The maximum Gasteiger partial charge on any atom is 0.163 e. The standard InChI is InChI=1S/C31H35FN2O5/c1-20-17-22(5-9-24(20)32)30-27(37-2)11-12-29(33-30)31(36,19-34-15-4-16-34)14-13-25(35)21-6-10-26(28(18-21)38-3)39-23-7-8-23/h5-6,9-12,17-18,23,36H,4,7-8,13-16,19H2,1-3H3. The smallest absolute Gasteiger partial charge is 0.163 e. The lowest BCUT2D eigenvalue weighted by Crippen LogP contribution is -2.47. The number of ketones is 1. The Morgan fingerprint density at radius 3 is 2.44 bits per heavy atom. The lowest BCUT2D eigenvalue weighted by molar-refractivity contribution is -0.0279. The van der Waals surface area contributed by atoms with Crippen LogP contribution in [0.15, 0.2) is 48.5 Å². The van der Waals surface area contributed by atoms with Gasteiger partial charge in [-0.3, -0.25) is 9.69 Å². The summed E-state index contributed by atoms with van der Waals surface area (Å²) >= 11 is 0. The Bertz CT molecular complexity index is 1350. The van der Waals surface area contributed by atoms with Gasteiger partial charge in [-0.25, -0.2) is 9.37 Å². The molecule has 1 atom stereocenters. The molecule has 2 aliphatic rings. The van der Waals surface area contributed by atoms with Crippen molar-refractivity contribution < 1.29 is 28.5 Å². The minimum Gasteiger partial charge on any atom is -0.494 e. The lowest BCUT2D eigenvalue weighted by Gasteiger charge is -2.38. The maximum absolute atomic E-state index is 14.0. The number of likely N-dealkylation sites (tertiary alicyclic amines) is 1. The molecule has 2 heterocycles. The number of carbonyl (C=O) groups is 1. The van der Waals surface area contributed by atoms with Crippen LogP contribution in [0.25, 0.3) is 11.3 Å². The number of aryl methyl sites for hydroxylation is 1. The van der Waals surface area contributed by atoms with Crippen LogP contribution >= 0.6 is 0 Å². The number of carbonyl (C=O) groups excluding carboxylic acids is 1. The van der Waals surface area contributed by atoms with Crippen molar-refractivity contribution >= 4 is 5.78 Å². The number of β-amino-alcohol motifs (C(OH)–C–C–N with tert-alkyl or cyclic N) is 1. The van der Waals surface area contributed by atoms with E-state index in [-0.39, 0.29) is 30.5 Å². The second kappa shape index (κ2) is 11.3. The van der Waals surface area contributed by atoms with Crippen molar-refractivity contribution in [2.75, 3.05) is 33.9 Å². The highest BCUT2D eigenvalue weighted by Gasteiger charge is 2.36. The summed E-state index contributed by atoms with van der Waals surface area (Å²) < 4.78 is 30.8. The topological polar surface area (TPSA) is 81.1 Å². The minimum absolute atomic E-state index is 0.101. The van der Waals surface area contributed by atoms with Crippen LogP contribution in [0.5, 0.6) is 17.2 Å². The van der Waals surface area contributed by atoms with Crippen molar-refractivity contribution in [2.24, 2.45) is 0 Å². The summed E-state index contributed by atoms with van der Waals surface area (Å²) in [5.41, 5.74) is 1.29. The van der Waals surface area contributed by atoms with Gasteiger partial charge in [0.15, 0.2) is 17.3 Å². The first-order valence-electron chi connectivity index (χ1n) is 13.4. The average Bonchev–Trinajstić information content (AvgIpc) is 3.75. The molecule has 7 nitrogen and oxygen atoms in total. The third kappa shape index (κ3) is 6.07. The van der Waals surface area contributed by atoms with E-state index in [1.54, 1.807) is 63.6 Å². The van der Waals surface area contributed by atoms with Gasteiger partial charge in [0.05, 0.1) is 26.0 Å². The van der Waals surface area contributed by atoms with Crippen molar-refractivity contribution in [1.82, 2.24) is 9.88 Å². The van der Waals surface area contributed by atoms with Crippen molar-refractivity contribution in [2.45, 2.75) is 50.7 Å². The summed E-state index contributed by atoms with van der Waals surface area (Å²) in [6.45, 7) is 3.83. The average molecular weight is 535 g/mol. The van der Waals surface area contributed by atoms with Crippen LogP contribution in [0, 0.1) is 12.7 Å². The molecule has 2 fully saturated rings. The number of methoxy groups -OCH3 is 2. The molecule has 0 spiro atoms. The van der Waals surface area contributed by atoms with Gasteiger partial charge in [0.1, 0.15) is 22.9 Å². The molecule has 0 bridgehead atoms. The number of nitrogens with zero attached hydrogens (tertiary/aromatic N) is 2. The number of rotatable bonds is 12. The quantitative estimate of drug-likeness (QED) is 0.316. The molecule has 1 aliphatic carbocycles. The van der Waals surface area contributed by atoms with E-state index in [9.17, 15) is 14.3 Å². The number of pyridine rings is 1. The summed E-state index contributed by atoms with van der Waals surface area (Å²) in [7, 11) is 3.11. The summed E-state index contributed by atoms with van der Waals surface area (Å²) in [6.07, 6.45) is 3.65. The number of benzene rings is 2. The maximum atomic E-state index is 14.0. The van der Waals surface area contributed by atoms with E-state index >= 15 is 0 Å². The van der Waals surface area contributed by atoms with Gasteiger partial charge in [-0.2, -0.15) is 0 Å². The van der Waals surface area contributed by atoms with E-state index < -0.39 is 5.60 Å². The highest BCUT2D eigenvalue weighted by Crippen LogP contribution is 2.37. The fraction of sp³-hybridized carbons (Fsp3) is 0.419. The zero-order chi connectivity index (χ0) is 27.6. The Kier molecular flexibility index (Phi) is 7.86. The number of Topliss-reactive ketones (excluding diaryl/α,β-unsaturated/α-hetero) is 1. The van der Waals surface area contributed by atoms with E-state index in [2.05, 4.69) is 4.90 Å². The van der Waals surface area contributed by atoms with Crippen LogP contribution < -0.4 is 14.2 Å². The zero-order valence-corrected chi connectivity index (χ0v) is 22.7. The summed E-state index contributed by atoms with van der Waals surface area (Å²) in [5, 5.41) is 12.0. The van der Waals surface area contributed by atoms with Crippen molar-refractivity contribution in [3.05, 3.63) is 71.2 Å².